The fraction of sp³-hybridized carbons (Fsp3) is 0.263. The third-order valence-electron chi connectivity index (χ3n) is 4.15. The molecular weight excluding hydrogens is 375 g/mol. The van der Waals surface area contributed by atoms with E-state index in [1.165, 1.54) is 0 Å². The van der Waals surface area contributed by atoms with Crippen LogP contribution in [0.5, 0.6) is 5.75 Å². The second-order valence-corrected chi connectivity index (χ2v) is 7.22. The number of anilines is 2. The predicted octanol–water partition coefficient (Wildman–Crippen LogP) is 4.70. The number of hydrogen-bond donors (Lipinski definition) is 2. The molecule has 1 atom stereocenters. The summed E-state index contributed by atoms with van der Waals surface area (Å²) in [6.45, 7) is 3.84. The van der Waals surface area contributed by atoms with Crippen LogP contribution in [0.3, 0.4) is 0 Å². The van der Waals surface area contributed by atoms with Crippen molar-refractivity contribution in [3.8, 4) is 5.75 Å². The highest BCUT2D eigenvalue weighted by molar-refractivity contribution is 6.42. The minimum absolute atomic E-state index is 0.0346. The van der Waals surface area contributed by atoms with E-state index in [1.54, 1.807) is 36.4 Å². The minimum atomic E-state index is -0.418. The standard InChI is InChI=1S/C19H18Cl2N2O3/c1-10(2)17(11-6-7-12(20)13(21)8-11)19(25)23-15-5-3-4-14-18(15)26-9-16(24)22-14/h3-8,10,17H,9H2,1-2H3,(H,22,24)(H,23,25). The molecule has 0 aliphatic carbocycles. The average Bonchev–Trinajstić information content (AvgIpc) is 2.58. The van der Waals surface area contributed by atoms with Crippen molar-refractivity contribution in [2.75, 3.05) is 17.2 Å². The fourth-order valence-corrected chi connectivity index (χ4v) is 3.28. The molecule has 2 aromatic rings. The van der Waals surface area contributed by atoms with Crippen LogP contribution >= 0.6 is 23.2 Å². The molecular formula is C19H18Cl2N2O3. The molecule has 0 aromatic heterocycles. The second kappa shape index (κ2) is 7.56. The SMILES string of the molecule is CC(C)C(C(=O)Nc1cccc2c1OCC(=O)N2)c1ccc(Cl)c(Cl)c1. The number of halogens is 2. The normalized spacial score (nSPS) is 14.3. The van der Waals surface area contributed by atoms with Gasteiger partial charge in [0.2, 0.25) is 5.91 Å². The van der Waals surface area contributed by atoms with Gasteiger partial charge in [-0.05, 0) is 35.7 Å². The van der Waals surface area contributed by atoms with E-state index in [-0.39, 0.29) is 24.3 Å². The van der Waals surface area contributed by atoms with E-state index in [0.29, 0.717) is 27.2 Å². The highest BCUT2D eigenvalue weighted by atomic mass is 35.5. The average molecular weight is 393 g/mol. The Balaban J connectivity index is 1.89. The largest absolute Gasteiger partial charge is 0.479 e. The van der Waals surface area contributed by atoms with Crippen molar-refractivity contribution in [2.45, 2.75) is 19.8 Å². The first-order valence-electron chi connectivity index (χ1n) is 8.18. The van der Waals surface area contributed by atoms with Crippen LogP contribution in [0.15, 0.2) is 36.4 Å². The van der Waals surface area contributed by atoms with Gasteiger partial charge in [-0.3, -0.25) is 9.59 Å². The van der Waals surface area contributed by atoms with E-state index >= 15 is 0 Å². The Kier molecular flexibility index (Phi) is 5.39. The van der Waals surface area contributed by atoms with Crippen LogP contribution in [0.1, 0.15) is 25.3 Å². The number of amides is 2. The van der Waals surface area contributed by atoms with Gasteiger partial charge in [0.05, 0.1) is 27.3 Å². The third kappa shape index (κ3) is 3.79. The summed E-state index contributed by atoms with van der Waals surface area (Å²) in [5, 5.41) is 6.48. The molecule has 2 aromatic carbocycles. The van der Waals surface area contributed by atoms with Gasteiger partial charge in [0.1, 0.15) is 0 Å². The van der Waals surface area contributed by atoms with Gasteiger partial charge in [-0.25, -0.2) is 0 Å². The summed E-state index contributed by atoms with van der Waals surface area (Å²) in [6, 6.07) is 10.4. The molecule has 2 amide bonds. The molecule has 0 saturated heterocycles. The minimum Gasteiger partial charge on any atom is -0.479 e. The summed E-state index contributed by atoms with van der Waals surface area (Å²) in [5.41, 5.74) is 1.83. The summed E-state index contributed by atoms with van der Waals surface area (Å²) >= 11 is 12.1. The van der Waals surface area contributed by atoms with Crippen LogP contribution < -0.4 is 15.4 Å². The maximum atomic E-state index is 13.0. The lowest BCUT2D eigenvalue weighted by molar-refractivity contribution is -0.119. The van der Waals surface area contributed by atoms with Crippen LogP contribution in [0.2, 0.25) is 10.0 Å². The maximum absolute atomic E-state index is 13.0. The van der Waals surface area contributed by atoms with E-state index in [0.717, 1.165) is 5.56 Å². The van der Waals surface area contributed by atoms with E-state index in [2.05, 4.69) is 10.6 Å². The zero-order valence-electron chi connectivity index (χ0n) is 14.3. The molecule has 0 radical (unpaired) electrons. The molecule has 5 nitrogen and oxygen atoms in total. The molecule has 1 heterocycles. The quantitative estimate of drug-likeness (QED) is 0.791. The second-order valence-electron chi connectivity index (χ2n) is 6.40. The van der Waals surface area contributed by atoms with Gasteiger partial charge in [0, 0.05) is 0 Å². The molecule has 0 bridgehead atoms. The van der Waals surface area contributed by atoms with Crippen molar-refractivity contribution in [1.29, 1.82) is 0 Å². The van der Waals surface area contributed by atoms with Crippen molar-refractivity contribution >= 4 is 46.4 Å². The number of carbonyl (C=O) groups is 2. The van der Waals surface area contributed by atoms with Crippen LogP contribution in [-0.2, 0) is 9.59 Å². The first kappa shape index (κ1) is 18.5. The summed E-state index contributed by atoms with van der Waals surface area (Å²) in [7, 11) is 0. The lowest BCUT2D eigenvalue weighted by Crippen LogP contribution is -2.28. The molecule has 1 aliphatic rings. The van der Waals surface area contributed by atoms with E-state index in [1.807, 2.05) is 13.8 Å². The monoisotopic (exact) mass is 392 g/mol. The van der Waals surface area contributed by atoms with Crippen molar-refractivity contribution in [3.63, 3.8) is 0 Å². The molecule has 3 rings (SSSR count). The Morgan fingerprint density at radius 2 is 1.96 bits per heavy atom. The van der Waals surface area contributed by atoms with Gasteiger partial charge in [0.15, 0.2) is 12.4 Å². The van der Waals surface area contributed by atoms with Crippen LogP contribution in [-0.4, -0.2) is 18.4 Å². The van der Waals surface area contributed by atoms with Crippen molar-refractivity contribution in [3.05, 3.63) is 52.0 Å². The molecule has 1 aliphatic heterocycles. The van der Waals surface area contributed by atoms with Crippen molar-refractivity contribution in [1.82, 2.24) is 0 Å². The van der Waals surface area contributed by atoms with Crippen LogP contribution in [0.4, 0.5) is 11.4 Å². The van der Waals surface area contributed by atoms with E-state index in [9.17, 15) is 9.59 Å². The van der Waals surface area contributed by atoms with Crippen molar-refractivity contribution in [2.24, 2.45) is 5.92 Å². The molecule has 0 spiro atoms. The van der Waals surface area contributed by atoms with Gasteiger partial charge in [-0.15, -0.1) is 0 Å². The summed E-state index contributed by atoms with van der Waals surface area (Å²) < 4.78 is 5.48. The Bertz CT molecular complexity index is 868. The molecule has 136 valence electrons. The number of para-hydroxylation sites is 1. The van der Waals surface area contributed by atoms with Crippen molar-refractivity contribution < 1.29 is 14.3 Å². The number of hydrogen-bond acceptors (Lipinski definition) is 3. The summed E-state index contributed by atoms with van der Waals surface area (Å²) in [6.07, 6.45) is 0. The zero-order chi connectivity index (χ0) is 18.8. The zero-order valence-corrected chi connectivity index (χ0v) is 15.8. The molecule has 7 heteroatoms. The highest BCUT2D eigenvalue weighted by Crippen LogP contribution is 2.37. The lowest BCUT2D eigenvalue weighted by Gasteiger charge is -2.24. The van der Waals surface area contributed by atoms with Gasteiger partial charge in [-0.2, -0.15) is 0 Å². The third-order valence-corrected chi connectivity index (χ3v) is 4.89. The molecule has 0 fully saturated rings. The Morgan fingerprint density at radius 3 is 2.65 bits per heavy atom. The highest BCUT2D eigenvalue weighted by Gasteiger charge is 2.27. The Labute approximate surface area is 161 Å². The van der Waals surface area contributed by atoms with Gasteiger partial charge in [0.25, 0.3) is 5.91 Å². The number of nitrogens with one attached hydrogen (secondary N) is 2. The van der Waals surface area contributed by atoms with Crippen LogP contribution in [0.25, 0.3) is 0 Å². The first-order valence-corrected chi connectivity index (χ1v) is 8.94. The number of ether oxygens (including phenoxy) is 1. The fourth-order valence-electron chi connectivity index (χ4n) is 2.97. The molecule has 1 unspecified atom stereocenters. The number of carbonyl (C=O) groups excluding carboxylic acids is 2. The smallest absolute Gasteiger partial charge is 0.262 e. The van der Waals surface area contributed by atoms with Gasteiger partial charge in [-0.1, -0.05) is 49.2 Å². The topological polar surface area (TPSA) is 67.4 Å². The lowest BCUT2D eigenvalue weighted by atomic mass is 9.87. The van der Waals surface area contributed by atoms with E-state index < -0.39 is 5.92 Å². The van der Waals surface area contributed by atoms with Crippen LogP contribution in [0, 0.1) is 5.92 Å². The first-order chi connectivity index (χ1) is 12.4. The number of fused-ring (bicyclic) bond motifs is 1. The molecule has 0 saturated carbocycles. The van der Waals surface area contributed by atoms with Gasteiger partial charge < -0.3 is 15.4 Å². The summed E-state index contributed by atoms with van der Waals surface area (Å²) in [4.78, 5) is 24.4. The summed E-state index contributed by atoms with van der Waals surface area (Å²) in [5.74, 6) is -0.340. The maximum Gasteiger partial charge on any atom is 0.262 e. The number of benzene rings is 2. The predicted molar refractivity (Wildman–Crippen MR) is 103 cm³/mol. The van der Waals surface area contributed by atoms with E-state index in [4.69, 9.17) is 27.9 Å². The Morgan fingerprint density at radius 1 is 1.19 bits per heavy atom. The molecule has 26 heavy (non-hydrogen) atoms. The van der Waals surface area contributed by atoms with Gasteiger partial charge >= 0.3 is 0 Å². The Hall–Kier alpha value is -2.24. The molecule has 2 N–H and O–H groups in total. The number of rotatable bonds is 4.